The molecule has 0 spiro atoms. The molecule has 0 amide bonds. The first-order valence-electron chi connectivity index (χ1n) is 8.36. The Labute approximate surface area is 149 Å². The van der Waals surface area contributed by atoms with Crippen molar-refractivity contribution in [2.45, 2.75) is 25.1 Å². The summed E-state index contributed by atoms with van der Waals surface area (Å²) in [6, 6.07) is 3.00. The molecular weight excluding hydrogens is 354 g/mol. The number of nitrogens with zero attached hydrogens (tertiary/aromatic N) is 3. The molecule has 0 aromatic carbocycles. The first-order chi connectivity index (χ1) is 12.4. The number of hydrogen-bond donors (Lipinski definition) is 2. The van der Waals surface area contributed by atoms with Crippen molar-refractivity contribution in [2.24, 2.45) is 4.99 Å². The monoisotopic (exact) mass is 377 g/mol. The first kappa shape index (κ1) is 20.2. The zero-order valence-electron chi connectivity index (χ0n) is 14.5. The molecule has 1 aliphatic rings. The Hall–Kier alpha value is -2.10. The van der Waals surface area contributed by atoms with Crippen LogP contribution in [0.4, 0.5) is 23.4 Å². The molecule has 0 saturated carbocycles. The van der Waals surface area contributed by atoms with Gasteiger partial charge in [0.25, 0.3) is 0 Å². The number of ether oxygens (including phenoxy) is 1. The third kappa shape index (κ3) is 6.66. The van der Waals surface area contributed by atoms with E-state index in [0.717, 1.165) is 6.42 Å². The van der Waals surface area contributed by atoms with Crippen LogP contribution < -0.4 is 15.5 Å². The Bertz CT molecular complexity index is 596. The molecular formula is C16H23F4N5O. The number of nitrogens with one attached hydrogen (secondary N) is 2. The molecule has 1 aromatic rings. The summed E-state index contributed by atoms with van der Waals surface area (Å²) < 4.78 is 54.2. The van der Waals surface area contributed by atoms with Gasteiger partial charge in [-0.2, -0.15) is 13.2 Å². The van der Waals surface area contributed by atoms with Gasteiger partial charge in [-0.05, 0) is 25.0 Å². The highest BCUT2D eigenvalue weighted by molar-refractivity contribution is 5.80. The van der Waals surface area contributed by atoms with E-state index in [1.54, 1.807) is 19.3 Å². The van der Waals surface area contributed by atoms with E-state index in [1.165, 1.54) is 6.07 Å². The van der Waals surface area contributed by atoms with Crippen LogP contribution in [-0.2, 0) is 4.74 Å². The zero-order chi connectivity index (χ0) is 19.0. The summed E-state index contributed by atoms with van der Waals surface area (Å²) in [5.74, 6) is 0.533. The summed E-state index contributed by atoms with van der Waals surface area (Å²) in [5.41, 5.74) is 0. The van der Waals surface area contributed by atoms with Gasteiger partial charge in [0.2, 0.25) is 0 Å². The summed E-state index contributed by atoms with van der Waals surface area (Å²) in [6.45, 7) is 0.474. The van der Waals surface area contributed by atoms with Crippen LogP contribution in [0.5, 0.6) is 0 Å². The molecule has 26 heavy (non-hydrogen) atoms. The second-order valence-corrected chi connectivity index (χ2v) is 5.91. The van der Waals surface area contributed by atoms with Crippen molar-refractivity contribution < 1.29 is 22.3 Å². The number of anilines is 1. The van der Waals surface area contributed by atoms with E-state index in [9.17, 15) is 17.6 Å². The number of aromatic nitrogens is 1. The zero-order valence-corrected chi connectivity index (χ0v) is 14.5. The molecule has 1 unspecified atom stereocenters. The minimum atomic E-state index is -4.30. The fraction of sp³-hybridized carbons (Fsp3) is 0.625. The summed E-state index contributed by atoms with van der Waals surface area (Å²) in [6.07, 6.45) is -1.52. The van der Waals surface area contributed by atoms with E-state index in [-0.39, 0.29) is 18.5 Å². The third-order valence-corrected chi connectivity index (χ3v) is 3.81. The molecule has 10 heteroatoms. The van der Waals surface area contributed by atoms with Gasteiger partial charge in [-0.3, -0.25) is 4.99 Å². The molecule has 0 bridgehead atoms. The summed E-state index contributed by atoms with van der Waals surface area (Å²) >= 11 is 0. The van der Waals surface area contributed by atoms with Gasteiger partial charge >= 0.3 is 6.18 Å². The van der Waals surface area contributed by atoms with Crippen LogP contribution in [0.15, 0.2) is 23.3 Å². The summed E-state index contributed by atoms with van der Waals surface area (Å²) in [7, 11) is 1.61. The lowest BCUT2D eigenvalue weighted by Crippen LogP contribution is -2.45. The minimum Gasteiger partial charge on any atom is -0.372 e. The van der Waals surface area contributed by atoms with Gasteiger partial charge in [-0.25, -0.2) is 9.37 Å². The van der Waals surface area contributed by atoms with E-state index in [2.05, 4.69) is 25.3 Å². The Kier molecular flexibility index (Phi) is 7.43. The smallest absolute Gasteiger partial charge is 0.372 e. The van der Waals surface area contributed by atoms with Crippen molar-refractivity contribution >= 4 is 11.8 Å². The highest BCUT2D eigenvalue weighted by Gasteiger charge is 2.27. The number of halogens is 4. The van der Waals surface area contributed by atoms with Gasteiger partial charge in [-0.1, -0.05) is 0 Å². The van der Waals surface area contributed by atoms with Gasteiger partial charge in [0.05, 0.1) is 0 Å². The van der Waals surface area contributed by atoms with Crippen LogP contribution in [0.3, 0.4) is 0 Å². The molecule has 1 aliphatic heterocycles. The lowest BCUT2D eigenvalue weighted by Gasteiger charge is -2.20. The van der Waals surface area contributed by atoms with Gasteiger partial charge in [0, 0.05) is 45.5 Å². The lowest BCUT2D eigenvalue weighted by molar-refractivity contribution is -0.173. The number of aliphatic imine (C=N–C) groups is 1. The third-order valence-electron chi connectivity index (χ3n) is 3.81. The quantitative estimate of drug-likeness (QED) is 0.329. The lowest BCUT2D eigenvalue weighted by atomic mass is 10.3. The van der Waals surface area contributed by atoms with Crippen LogP contribution in [0.2, 0.25) is 0 Å². The number of alkyl halides is 3. The molecule has 1 saturated heterocycles. The second-order valence-electron chi connectivity index (χ2n) is 5.91. The molecule has 0 aliphatic carbocycles. The normalized spacial score (nSPS) is 18.3. The SMILES string of the molecule is CN=C(NCCCOCC(F)(F)F)NC1CCN(c2ncccc2F)C1. The van der Waals surface area contributed by atoms with Crippen molar-refractivity contribution in [3.05, 3.63) is 24.1 Å². The fourth-order valence-electron chi connectivity index (χ4n) is 2.64. The maximum Gasteiger partial charge on any atom is 0.411 e. The van der Waals surface area contributed by atoms with Crippen molar-refractivity contribution in [1.29, 1.82) is 0 Å². The van der Waals surface area contributed by atoms with Crippen molar-refractivity contribution in [3.8, 4) is 0 Å². The number of rotatable bonds is 7. The van der Waals surface area contributed by atoms with E-state index in [0.29, 0.717) is 37.8 Å². The van der Waals surface area contributed by atoms with E-state index < -0.39 is 12.8 Å². The molecule has 1 atom stereocenters. The molecule has 6 nitrogen and oxygen atoms in total. The molecule has 2 N–H and O–H groups in total. The minimum absolute atomic E-state index is 0.0136. The number of hydrogen-bond acceptors (Lipinski definition) is 4. The summed E-state index contributed by atoms with van der Waals surface area (Å²) in [5, 5.41) is 6.26. The molecule has 1 aromatic heterocycles. The van der Waals surface area contributed by atoms with Gasteiger partial charge < -0.3 is 20.3 Å². The highest BCUT2D eigenvalue weighted by Crippen LogP contribution is 2.20. The van der Waals surface area contributed by atoms with E-state index >= 15 is 0 Å². The maximum absolute atomic E-state index is 13.8. The number of pyridine rings is 1. The van der Waals surface area contributed by atoms with Crippen LogP contribution >= 0.6 is 0 Å². The van der Waals surface area contributed by atoms with Crippen LogP contribution in [0.1, 0.15) is 12.8 Å². The second kappa shape index (κ2) is 9.56. The van der Waals surface area contributed by atoms with Crippen LogP contribution in [0, 0.1) is 5.82 Å². The Morgan fingerprint density at radius 2 is 2.27 bits per heavy atom. The van der Waals surface area contributed by atoms with Crippen LogP contribution in [-0.4, -0.2) is 63.1 Å². The van der Waals surface area contributed by atoms with Crippen LogP contribution in [0.25, 0.3) is 0 Å². The molecule has 146 valence electrons. The van der Waals surface area contributed by atoms with Crippen molar-refractivity contribution in [1.82, 2.24) is 15.6 Å². The maximum atomic E-state index is 13.8. The molecule has 1 fully saturated rings. The highest BCUT2D eigenvalue weighted by atomic mass is 19.4. The largest absolute Gasteiger partial charge is 0.411 e. The Morgan fingerprint density at radius 3 is 2.96 bits per heavy atom. The number of guanidine groups is 1. The molecule has 2 rings (SSSR count). The van der Waals surface area contributed by atoms with Gasteiger partial charge in [-0.15, -0.1) is 0 Å². The predicted octanol–water partition coefficient (Wildman–Crippen LogP) is 1.93. The summed E-state index contributed by atoms with van der Waals surface area (Å²) in [4.78, 5) is 10.0. The standard InChI is InChI=1S/C16H23F4N5O/c1-21-15(23-7-3-9-26-11-16(18,19)20)24-12-5-8-25(10-12)14-13(17)4-2-6-22-14/h2,4,6,12H,3,5,7-11H2,1H3,(H2,21,23,24). The first-order valence-corrected chi connectivity index (χ1v) is 8.36. The van der Waals surface area contributed by atoms with E-state index in [4.69, 9.17) is 0 Å². The average molecular weight is 377 g/mol. The predicted molar refractivity (Wildman–Crippen MR) is 90.8 cm³/mol. The molecule has 0 radical (unpaired) electrons. The Morgan fingerprint density at radius 1 is 1.46 bits per heavy atom. The molecule has 2 heterocycles. The van der Waals surface area contributed by atoms with Crippen molar-refractivity contribution in [2.75, 3.05) is 44.8 Å². The van der Waals surface area contributed by atoms with Gasteiger partial charge in [0.1, 0.15) is 6.61 Å². The Balaban J connectivity index is 1.68. The van der Waals surface area contributed by atoms with Gasteiger partial charge in [0.15, 0.2) is 17.6 Å². The topological polar surface area (TPSA) is 61.8 Å². The van der Waals surface area contributed by atoms with Crippen molar-refractivity contribution in [3.63, 3.8) is 0 Å². The van der Waals surface area contributed by atoms with E-state index in [1.807, 2.05) is 4.90 Å². The average Bonchev–Trinajstić information content (AvgIpc) is 3.04. The fourth-order valence-corrected chi connectivity index (χ4v) is 2.64.